The number of amides is 2. The maximum Gasteiger partial charge on any atom is 0.256 e. The van der Waals surface area contributed by atoms with Crippen LogP contribution in [0.3, 0.4) is 0 Å². The van der Waals surface area contributed by atoms with Crippen molar-refractivity contribution in [2.24, 2.45) is 0 Å². The Kier molecular flexibility index (Phi) is 4.82. The molecule has 0 unspecified atom stereocenters. The van der Waals surface area contributed by atoms with Gasteiger partial charge in [-0.2, -0.15) is 0 Å². The highest BCUT2D eigenvalue weighted by Gasteiger charge is 2.24. The topological polar surface area (TPSA) is 83.6 Å². The molecule has 2 amide bonds. The number of benzene rings is 2. The number of nitrogens with one attached hydrogen (secondary N) is 1. The third kappa shape index (κ3) is 3.35. The number of hydrogen-bond donors (Lipinski definition) is 1. The van der Waals surface area contributed by atoms with Crippen LogP contribution in [0.25, 0.3) is 0 Å². The van der Waals surface area contributed by atoms with Crippen LogP contribution in [0.2, 0.25) is 0 Å². The molecule has 0 saturated heterocycles. The minimum atomic E-state index is -3.50. The van der Waals surface area contributed by atoms with Gasteiger partial charge in [-0.25, -0.2) is 8.42 Å². The molecule has 0 aliphatic carbocycles. The van der Waals surface area contributed by atoms with Gasteiger partial charge in [0.2, 0.25) is 5.91 Å². The molecule has 1 aliphatic heterocycles. The van der Waals surface area contributed by atoms with Gasteiger partial charge in [0, 0.05) is 24.8 Å². The molecule has 0 bridgehead atoms. The number of carbonyl (C=O) groups excluding carboxylic acids is 2. The van der Waals surface area contributed by atoms with E-state index in [1.165, 1.54) is 19.1 Å². The number of carbonyl (C=O) groups is 2. The molecule has 1 heterocycles. The summed E-state index contributed by atoms with van der Waals surface area (Å²) in [5.74, 6) is -0.560. The van der Waals surface area contributed by atoms with Gasteiger partial charge in [0.15, 0.2) is 9.84 Å². The number of anilines is 2. The highest BCUT2D eigenvalue weighted by Crippen LogP contribution is 2.30. The van der Waals surface area contributed by atoms with E-state index in [1.807, 2.05) is 6.07 Å². The summed E-state index contributed by atoms with van der Waals surface area (Å²) in [6, 6.07) is 11.5. The Hall–Kier alpha value is -2.67. The van der Waals surface area contributed by atoms with Crippen LogP contribution in [-0.2, 0) is 21.1 Å². The summed E-state index contributed by atoms with van der Waals surface area (Å²) in [6.07, 6.45) is 0.722. The standard InChI is InChI=1S/C19H20N2O4S/c1-3-26(24,25)18-7-5-4-6-16(18)19(23)20-15-8-9-17-14(12-15)10-11-21(17)13(2)22/h4-9,12H,3,10-11H2,1-2H3,(H,20,23). The first-order chi connectivity index (χ1) is 12.3. The van der Waals surface area contributed by atoms with Crippen LogP contribution < -0.4 is 10.2 Å². The second-order valence-electron chi connectivity index (χ2n) is 6.12. The highest BCUT2D eigenvalue weighted by molar-refractivity contribution is 7.91. The zero-order valence-electron chi connectivity index (χ0n) is 14.7. The fourth-order valence-corrected chi connectivity index (χ4v) is 4.18. The van der Waals surface area contributed by atoms with Gasteiger partial charge in [0.25, 0.3) is 5.91 Å². The molecule has 26 heavy (non-hydrogen) atoms. The molecule has 0 saturated carbocycles. The van der Waals surface area contributed by atoms with Crippen molar-refractivity contribution < 1.29 is 18.0 Å². The monoisotopic (exact) mass is 372 g/mol. The third-order valence-electron chi connectivity index (χ3n) is 4.46. The molecule has 6 nitrogen and oxygen atoms in total. The van der Waals surface area contributed by atoms with Crippen molar-refractivity contribution in [3.8, 4) is 0 Å². The minimum absolute atomic E-state index is 0.0146. The van der Waals surface area contributed by atoms with E-state index >= 15 is 0 Å². The molecule has 0 radical (unpaired) electrons. The van der Waals surface area contributed by atoms with Gasteiger partial charge in [-0.05, 0) is 42.3 Å². The molecular weight excluding hydrogens is 352 g/mol. The van der Waals surface area contributed by atoms with Gasteiger partial charge in [-0.1, -0.05) is 19.1 Å². The number of nitrogens with zero attached hydrogens (tertiary/aromatic N) is 1. The van der Waals surface area contributed by atoms with Crippen molar-refractivity contribution in [3.63, 3.8) is 0 Å². The van der Waals surface area contributed by atoms with E-state index in [0.29, 0.717) is 12.2 Å². The maximum atomic E-state index is 12.6. The Morgan fingerprint density at radius 1 is 1.15 bits per heavy atom. The summed E-state index contributed by atoms with van der Waals surface area (Å²) in [7, 11) is -3.50. The Bertz CT molecular complexity index is 983. The van der Waals surface area contributed by atoms with E-state index in [0.717, 1.165) is 17.7 Å². The van der Waals surface area contributed by atoms with Gasteiger partial charge in [-0.15, -0.1) is 0 Å². The summed E-state index contributed by atoms with van der Waals surface area (Å²) in [4.78, 5) is 26.0. The molecule has 1 aliphatic rings. The Labute approximate surface area is 152 Å². The van der Waals surface area contributed by atoms with Gasteiger partial charge < -0.3 is 10.2 Å². The Morgan fingerprint density at radius 3 is 2.58 bits per heavy atom. The molecule has 0 aromatic heterocycles. The van der Waals surface area contributed by atoms with E-state index in [9.17, 15) is 18.0 Å². The van der Waals surface area contributed by atoms with E-state index in [-0.39, 0.29) is 22.1 Å². The Balaban J connectivity index is 1.88. The van der Waals surface area contributed by atoms with Crippen LogP contribution in [0, 0.1) is 0 Å². The summed E-state index contributed by atoms with van der Waals surface area (Å²) in [5.41, 5.74) is 2.53. The van der Waals surface area contributed by atoms with Gasteiger partial charge in [-0.3, -0.25) is 9.59 Å². The molecule has 0 spiro atoms. The van der Waals surface area contributed by atoms with Gasteiger partial charge >= 0.3 is 0 Å². The molecule has 0 atom stereocenters. The summed E-state index contributed by atoms with van der Waals surface area (Å²) < 4.78 is 24.4. The highest BCUT2D eigenvalue weighted by atomic mass is 32.2. The fourth-order valence-electron chi connectivity index (χ4n) is 3.09. The first kappa shape index (κ1) is 18.1. The molecule has 2 aromatic carbocycles. The van der Waals surface area contributed by atoms with Gasteiger partial charge in [0.1, 0.15) is 0 Å². The quantitative estimate of drug-likeness (QED) is 0.894. The van der Waals surface area contributed by atoms with E-state index < -0.39 is 15.7 Å². The first-order valence-corrected chi connectivity index (χ1v) is 10.0. The summed E-state index contributed by atoms with van der Waals surface area (Å²) in [6.45, 7) is 3.70. The lowest BCUT2D eigenvalue weighted by molar-refractivity contribution is -0.116. The van der Waals surface area contributed by atoms with Crippen LogP contribution in [-0.4, -0.2) is 32.5 Å². The molecule has 1 N–H and O–H groups in total. The van der Waals surface area contributed by atoms with Crippen LogP contribution >= 0.6 is 0 Å². The molecule has 3 rings (SSSR count). The van der Waals surface area contributed by atoms with Crippen LogP contribution in [0.5, 0.6) is 0 Å². The van der Waals surface area contributed by atoms with Gasteiger partial charge in [0.05, 0.1) is 16.2 Å². The van der Waals surface area contributed by atoms with Crippen LogP contribution in [0.15, 0.2) is 47.4 Å². The average Bonchev–Trinajstić information content (AvgIpc) is 3.05. The number of rotatable bonds is 4. The number of hydrogen-bond acceptors (Lipinski definition) is 4. The predicted molar refractivity (Wildman–Crippen MR) is 100 cm³/mol. The van der Waals surface area contributed by atoms with Crippen molar-refractivity contribution in [2.75, 3.05) is 22.5 Å². The molecule has 0 fully saturated rings. The van der Waals surface area contributed by atoms with Crippen molar-refractivity contribution in [2.45, 2.75) is 25.2 Å². The lowest BCUT2D eigenvalue weighted by Crippen LogP contribution is -2.25. The fraction of sp³-hybridized carbons (Fsp3) is 0.263. The van der Waals surface area contributed by atoms with E-state index in [1.54, 1.807) is 36.1 Å². The summed E-state index contributed by atoms with van der Waals surface area (Å²) >= 11 is 0. The largest absolute Gasteiger partial charge is 0.322 e. The second-order valence-corrected chi connectivity index (χ2v) is 8.36. The minimum Gasteiger partial charge on any atom is -0.322 e. The molecule has 2 aromatic rings. The Morgan fingerprint density at radius 2 is 1.88 bits per heavy atom. The summed E-state index contributed by atoms with van der Waals surface area (Å²) in [5, 5.41) is 2.76. The van der Waals surface area contributed by atoms with Crippen LogP contribution in [0.4, 0.5) is 11.4 Å². The molecule has 136 valence electrons. The zero-order chi connectivity index (χ0) is 18.9. The smallest absolute Gasteiger partial charge is 0.256 e. The lowest BCUT2D eigenvalue weighted by Gasteiger charge is -2.15. The lowest BCUT2D eigenvalue weighted by atomic mass is 10.1. The number of sulfone groups is 1. The third-order valence-corrected chi connectivity index (χ3v) is 6.25. The molecular formula is C19H20N2O4S. The van der Waals surface area contributed by atoms with Crippen molar-refractivity contribution in [1.82, 2.24) is 0 Å². The van der Waals surface area contributed by atoms with Crippen molar-refractivity contribution >= 4 is 33.0 Å². The van der Waals surface area contributed by atoms with Crippen LogP contribution in [0.1, 0.15) is 29.8 Å². The number of fused-ring (bicyclic) bond motifs is 1. The molecule has 7 heteroatoms. The zero-order valence-corrected chi connectivity index (χ0v) is 15.5. The van der Waals surface area contributed by atoms with E-state index in [4.69, 9.17) is 0 Å². The average molecular weight is 372 g/mol. The first-order valence-electron chi connectivity index (χ1n) is 8.37. The maximum absolute atomic E-state index is 12.6. The second kappa shape index (κ2) is 6.92. The predicted octanol–water partition coefficient (Wildman–Crippen LogP) is 2.64. The van der Waals surface area contributed by atoms with Crippen molar-refractivity contribution in [3.05, 3.63) is 53.6 Å². The van der Waals surface area contributed by atoms with Crippen molar-refractivity contribution in [1.29, 1.82) is 0 Å². The van der Waals surface area contributed by atoms with E-state index in [2.05, 4.69) is 5.32 Å². The SMILES string of the molecule is CCS(=O)(=O)c1ccccc1C(=O)Nc1ccc2c(c1)CCN2C(C)=O. The normalized spacial score (nSPS) is 13.4.